The van der Waals surface area contributed by atoms with E-state index in [4.69, 9.17) is 4.74 Å². The van der Waals surface area contributed by atoms with Gasteiger partial charge in [0.25, 0.3) is 0 Å². The molecule has 0 aliphatic carbocycles. The summed E-state index contributed by atoms with van der Waals surface area (Å²) in [5, 5.41) is 9.56. The van der Waals surface area contributed by atoms with Crippen LogP contribution in [0, 0.1) is 5.92 Å². The molecular weight excluding hydrogens is 248 g/mol. The Kier molecular flexibility index (Phi) is 9.83. The van der Waals surface area contributed by atoms with E-state index in [0.717, 1.165) is 17.8 Å². The Morgan fingerprint density at radius 2 is 1.95 bits per heavy atom. The fourth-order valence-corrected chi connectivity index (χ4v) is 1.90. The second kappa shape index (κ2) is 10.5. The van der Waals surface area contributed by atoms with Crippen LogP contribution in [0.15, 0.2) is 47.8 Å². The molecule has 20 heavy (non-hydrogen) atoms. The lowest BCUT2D eigenvalue weighted by Crippen LogP contribution is -2.07. The minimum Gasteiger partial charge on any atom is -0.497 e. The molecule has 2 unspecified atom stereocenters. The molecule has 0 radical (unpaired) electrons. The van der Waals surface area contributed by atoms with Crippen LogP contribution in [0.4, 0.5) is 0 Å². The van der Waals surface area contributed by atoms with E-state index in [9.17, 15) is 5.11 Å². The van der Waals surface area contributed by atoms with Crippen molar-refractivity contribution in [2.75, 3.05) is 6.61 Å². The van der Waals surface area contributed by atoms with Gasteiger partial charge >= 0.3 is 0 Å². The predicted molar refractivity (Wildman–Crippen MR) is 87.5 cm³/mol. The molecule has 0 aromatic carbocycles. The van der Waals surface area contributed by atoms with E-state index in [1.807, 2.05) is 19.9 Å². The number of rotatable bonds is 9. The molecule has 0 aliphatic heterocycles. The highest BCUT2D eigenvalue weighted by molar-refractivity contribution is 5.31. The monoisotopic (exact) mass is 278 g/mol. The molecule has 0 aromatic rings. The van der Waals surface area contributed by atoms with Crippen molar-refractivity contribution in [2.45, 2.75) is 53.6 Å². The lowest BCUT2D eigenvalue weighted by Gasteiger charge is -2.16. The normalized spacial score (nSPS) is 16.3. The Morgan fingerprint density at radius 1 is 1.30 bits per heavy atom. The van der Waals surface area contributed by atoms with Crippen molar-refractivity contribution in [1.29, 1.82) is 0 Å². The summed E-state index contributed by atoms with van der Waals surface area (Å²) in [5.74, 6) is 1.18. The topological polar surface area (TPSA) is 29.5 Å². The number of ether oxygens (including phenoxy) is 1. The van der Waals surface area contributed by atoms with Crippen molar-refractivity contribution in [3.8, 4) is 0 Å². The average molecular weight is 278 g/mol. The molecule has 0 fully saturated rings. The van der Waals surface area contributed by atoms with E-state index >= 15 is 0 Å². The summed E-state index contributed by atoms with van der Waals surface area (Å²) in [6, 6.07) is 0. The molecule has 0 bridgehead atoms. The van der Waals surface area contributed by atoms with Gasteiger partial charge in [-0.25, -0.2) is 0 Å². The fraction of sp³-hybridized carbons (Fsp3) is 0.556. The Hall–Kier alpha value is -1.28. The first-order valence-corrected chi connectivity index (χ1v) is 7.42. The minimum atomic E-state index is -0.505. The van der Waals surface area contributed by atoms with Crippen LogP contribution in [-0.4, -0.2) is 17.8 Å². The molecule has 0 aromatic heterocycles. The zero-order valence-corrected chi connectivity index (χ0v) is 13.6. The lowest BCUT2D eigenvalue weighted by molar-refractivity contribution is 0.172. The minimum absolute atomic E-state index is 0.362. The molecule has 2 nitrogen and oxygen atoms in total. The van der Waals surface area contributed by atoms with Crippen molar-refractivity contribution >= 4 is 0 Å². The SMILES string of the molecule is C=C(CC)/C(=C\C)C/C(=C/C(C)O)OCC(C)/C=C\C. The van der Waals surface area contributed by atoms with Gasteiger partial charge in [-0.1, -0.05) is 44.2 Å². The van der Waals surface area contributed by atoms with Gasteiger partial charge in [0.05, 0.1) is 18.5 Å². The van der Waals surface area contributed by atoms with E-state index in [-0.39, 0.29) is 0 Å². The maximum Gasteiger partial charge on any atom is 0.0989 e. The highest BCUT2D eigenvalue weighted by Crippen LogP contribution is 2.22. The molecule has 0 amide bonds. The molecule has 0 spiro atoms. The maximum atomic E-state index is 9.56. The summed E-state index contributed by atoms with van der Waals surface area (Å²) in [4.78, 5) is 0. The summed E-state index contributed by atoms with van der Waals surface area (Å²) in [6.45, 7) is 14.7. The molecule has 1 N–H and O–H groups in total. The largest absolute Gasteiger partial charge is 0.497 e. The first kappa shape index (κ1) is 18.7. The number of hydrogen-bond acceptors (Lipinski definition) is 2. The van der Waals surface area contributed by atoms with E-state index in [1.54, 1.807) is 13.0 Å². The Morgan fingerprint density at radius 3 is 2.40 bits per heavy atom. The average Bonchev–Trinajstić information content (AvgIpc) is 2.40. The third-order valence-corrected chi connectivity index (χ3v) is 3.07. The Balaban J connectivity index is 4.78. The van der Waals surface area contributed by atoms with E-state index in [0.29, 0.717) is 18.9 Å². The molecule has 114 valence electrons. The van der Waals surface area contributed by atoms with Gasteiger partial charge in [-0.15, -0.1) is 0 Å². The van der Waals surface area contributed by atoms with Crippen LogP contribution in [-0.2, 0) is 4.74 Å². The zero-order valence-electron chi connectivity index (χ0n) is 13.6. The highest BCUT2D eigenvalue weighted by Gasteiger charge is 2.08. The van der Waals surface area contributed by atoms with Gasteiger partial charge in [0, 0.05) is 12.3 Å². The van der Waals surface area contributed by atoms with Gasteiger partial charge in [-0.05, 0) is 38.8 Å². The smallest absolute Gasteiger partial charge is 0.0989 e. The molecule has 0 heterocycles. The van der Waals surface area contributed by atoms with Crippen LogP contribution < -0.4 is 0 Å². The van der Waals surface area contributed by atoms with Crippen LogP contribution in [0.1, 0.15) is 47.5 Å². The van der Waals surface area contributed by atoms with Crippen molar-refractivity contribution < 1.29 is 9.84 Å². The zero-order chi connectivity index (χ0) is 15.5. The summed E-state index contributed by atoms with van der Waals surface area (Å²) in [6.07, 6.45) is 9.10. The first-order chi connectivity index (χ1) is 9.44. The summed E-state index contributed by atoms with van der Waals surface area (Å²) in [5.41, 5.74) is 2.30. The van der Waals surface area contributed by atoms with Gasteiger partial charge in [0.1, 0.15) is 0 Å². The fourth-order valence-electron chi connectivity index (χ4n) is 1.90. The van der Waals surface area contributed by atoms with Crippen molar-refractivity contribution in [3.05, 3.63) is 47.8 Å². The van der Waals surface area contributed by atoms with Crippen LogP contribution in [0.25, 0.3) is 0 Å². The number of allylic oxidation sites excluding steroid dienone is 4. The van der Waals surface area contributed by atoms with E-state index in [2.05, 4.69) is 32.6 Å². The Bertz CT molecular complexity index is 373. The first-order valence-electron chi connectivity index (χ1n) is 7.42. The van der Waals surface area contributed by atoms with Crippen LogP contribution in [0.5, 0.6) is 0 Å². The van der Waals surface area contributed by atoms with Crippen LogP contribution in [0.2, 0.25) is 0 Å². The van der Waals surface area contributed by atoms with Gasteiger partial charge in [-0.2, -0.15) is 0 Å². The molecule has 2 atom stereocenters. The van der Waals surface area contributed by atoms with Crippen LogP contribution in [0.3, 0.4) is 0 Å². The molecule has 0 saturated heterocycles. The summed E-state index contributed by atoms with van der Waals surface area (Å²) in [7, 11) is 0. The van der Waals surface area contributed by atoms with Gasteiger partial charge in [-0.3, -0.25) is 0 Å². The highest BCUT2D eigenvalue weighted by atomic mass is 16.5. The van der Waals surface area contributed by atoms with Crippen molar-refractivity contribution in [1.82, 2.24) is 0 Å². The Labute approximate surface area is 124 Å². The second-order valence-corrected chi connectivity index (χ2v) is 5.14. The standard InChI is InChI=1S/C18H30O2/c1-7-10-14(4)13-20-18(11-16(6)19)12-17(9-3)15(5)8-2/h7,9-11,14,16,19H,5,8,12-13H2,1-4,6H3/b10-7-,17-9-,18-11-. The second-order valence-electron chi connectivity index (χ2n) is 5.14. The van der Waals surface area contributed by atoms with Gasteiger partial charge in [0.15, 0.2) is 0 Å². The third-order valence-electron chi connectivity index (χ3n) is 3.07. The van der Waals surface area contributed by atoms with Gasteiger partial charge < -0.3 is 9.84 Å². The molecule has 0 rings (SSSR count). The number of hydrogen-bond donors (Lipinski definition) is 1. The van der Waals surface area contributed by atoms with E-state index in [1.165, 1.54) is 5.57 Å². The van der Waals surface area contributed by atoms with E-state index < -0.39 is 6.10 Å². The maximum absolute atomic E-state index is 9.56. The quantitative estimate of drug-likeness (QED) is 0.373. The van der Waals surface area contributed by atoms with Crippen molar-refractivity contribution in [3.63, 3.8) is 0 Å². The predicted octanol–water partition coefficient (Wildman–Crippen LogP) is 4.78. The van der Waals surface area contributed by atoms with Crippen molar-refractivity contribution in [2.24, 2.45) is 5.92 Å². The summed E-state index contributed by atoms with van der Waals surface area (Å²) < 4.78 is 5.86. The van der Waals surface area contributed by atoms with Crippen LogP contribution >= 0.6 is 0 Å². The number of aliphatic hydroxyl groups excluding tert-OH is 1. The summed E-state index contributed by atoms with van der Waals surface area (Å²) >= 11 is 0. The number of aliphatic hydroxyl groups is 1. The molecule has 0 saturated carbocycles. The molecule has 0 aliphatic rings. The lowest BCUT2D eigenvalue weighted by atomic mass is 10.0. The molecule has 2 heteroatoms. The molecular formula is C18H30O2. The third kappa shape index (κ3) is 8.00. The van der Waals surface area contributed by atoms with Gasteiger partial charge in [0.2, 0.25) is 0 Å².